The summed E-state index contributed by atoms with van der Waals surface area (Å²) in [5, 5.41) is 14.1. The first kappa shape index (κ1) is 33.9. The molecule has 14 nitrogen and oxygen atoms in total. The highest BCUT2D eigenvalue weighted by atomic mass is 35.5. The summed E-state index contributed by atoms with van der Waals surface area (Å²) in [7, 11) is 0. The van der Waals surface area contributed by atoms with Crippen molar-refractivity contribution < 1.29 is 38.4 Å². The molecule has 3 aliphatic rings. The predicted octanol–water partition coefficient (Wildman–Crippen LogP) is 4.18. The molecule has 0 aliphatic carbocycles. The molecule has 4 atom stereocenters. The van der Waals surface area contributed by atoms with Crippen LogP contribution in [0.2, 0.25) is 5.28 Å². The molecule has 43 heavy (non-hydrogen) atoms. The van der Waals surface area contributed by atoms with Gasteiger partial charge < -0.3 is 45.0 Å². The molecule has 16 heteroatoms. The number of fused-ring (bicyclic) bond motifs is 2. The van der Waals surface area contributed by atoms with Gasteiger partial charge in [-0.1, -0.05) is 25.7 Å². The lowest BCUT2D eigenvalue weighted by molar-refractivity contribution is -0.0730. The number of nitrogens with zero attached hydrogens (tertiary/aromatic N) is 3. The SMILES string of the molecule is C#CC1(COC(=O)OCCCCC)CC[C@H](n2ccc3c(N)nc(Cl)nc32)O1.CCOC(=O)O.O=C1NC2CSC[C@H]2N1. The fraction of sp³-hybridized carbons (Fsp3) is 0.593. The van der Waals surface area contributed by atoms with Gasteiger partial charge in [-0.3, -0.25) is 0 Å². The maximum Gasteiger partial charge on any atom is 0.508 e. The molecule has 236 valence electrons. The van der Waals surface area contributed by atoms with Gasteiger partial charge in [-0.25, -0.2) is 19.4 Å². The number of rotatable bonds is 8. The number of anilines is 1. The van der Waals surface area contributed by atoms with Gasteiger partial charge in [0.2, 0.25) is 5.28 Å². The van der Waals surface area contributed by atoms with Crippen molar-refractivity contribution in [1.29, 1.82) is 0 Å². The summed E-state index contributed by atoms with van der Waals surface area (Å²) in [6, 6.07) is 2.61. The normalized spacial score (nSPS) is 23.4. The van der Waals surface area contributed by atoms with Crippen LogP contribution in [0.25, 0.3) is 11.0 Å². The fourth-order valence-corrected chi connectivity index (χ4v) is 5.96. The van der Waals surface area contributed by atoms with Crippen molar-refractivity contribution in [3.63, 3.8) is 0 Å². The van der Waals surface area contributed by atoms with Crippen LogP contribution in [0.4, 0.5) is 20.2 Å². The molecule has 0 radical (unpaired) electrons. The number of urea groups is 1. The average molecular weight is 641 g/mol. The van der Waals surface area contributed by atoms with Gasteiger partial charge >= 0.3 is 18.3 Å². The van der Waals surface area contributed by atoms with E-state index in [4.69, 9.17) is 43.1 Å². The smallest absolute Gasteiger partial charge is 0.450 e. The molecule has 2 amide bonds. The van der Waals surface area contributed by atoms with Crippen molar-refractivity contribution in [2.45, 2.75) is 69.9 Å². The van der Waals surface area contributed by atoms with Crippen LogP contribution in [0.1, 0.15) is 52.2 Å². The van der Waals surface area contributed by atoms with Gasteiger partial charge in [-0.15, -0.1) is 6.42 Å². The summed E-state index contributed by atoms with van der Waals surface area (Å²) in [6.45, 7) is 4.18. The lowest BCUT2D eigenvalue weighted by Gasteiger charge is -2.23. The Labute approximate surface area is 258 Å². The second-order valence-corrected chi connectivity index (χ2v) is 11.2. The van der Waals surface area contributed by atoms with E-state index in [1.807, 2.05) is 11.8 Å². The van der Waals surface area contributed by atoms with E-state index >= 15 is 0 Å². The molecule has 5 rings (SSSR count). The molecule has 2 aromatic rings. The zero-order valence-corrected chi connectivity index (χ0v) is 25.6. The second kappa shape index (κ2) is 16.3. The molecule has 5 N–H and O–H groups in total. The van der Waals surface area contributed by atoms with Crippen molar-refractivity contribution in [3.8, 4) is 12.3 Å². The molecule has 0 bridgehead atoms. The number of hydrogen-bond donors (Lipinski definition) is 4. The molecule has 3 fully saturated rings. The Morgan fingerprint density at radius 1 is 1.26 bits per heavy atom. The lowest BCUT2D eigenvalue weighted by Crippen LogP contribution is -2.34. The number of ether oxygens (including phenoxy) is 4. The van der Waals surface area contributed by atoms with E-state index in [1.54, 1.807) is 23.8 Å². The number of aromatic nitrogens is 3. The quantitative estimate of drug-likeness (QED) is 0.106. The van der Waals surface area contributed by atoms with Crippen LogP contribution in [-0.4, -0.2) is 87.0 Å². The summed E-state index contributed by atoms with van der Waals surface area (Å²) in [6.07, 6.45) is 9.13. The summed E-state index contributed by atoms with van der Waals surface area (Å²) < 4.78 is 22.1. The number of hydrogen-bond acceptors (Lipinski definition) is 11. The van der Waals surface area contributed by atoms with Crippen LogP contribution in [0.3, 0.4) is 0 Å². The molecule has 2 unspecified atom stereocenters. The topological polar surface area (TPSA) is 189 Å². The first-order valence-electron chi connectivity index (χ1n) is 13.9. The molecule has 0 spiro atoms. The van der Waals surface area contributed by atoms with Gasteiger partial charge in [-0.2, -0.15) is 16.7 Å². The number of thioether (sulfide) groups is 1. The molecule has 0 saturated carbocycles. The molecule has 3 aliphatic heterocycles. The van der Waals surface area contributed by atoms with E-state index in [0.29, 0.717) is 48.4 Å². The number of unbranched alkanes of at least 4 members (excludes halogenated alkanes) is 2. The number of terminal acetylenes is 1. The molecular weight excluding hydrogens is 604 g/mol. The van der Waals surface area contributed by atoms with Crippen molar-refractivity contribution >= 4 is 58.6 Å². The maximum absolute atomic E-state index is 11.8. The first-order valence-corrected chi connectivity index (χ1v) is 15.4. The largest absolute Gasteiger partial charge is 0.508 e. The minimum Gasteiger partial charge on any atom is -0.450 e. The standard InChI is InChI=1S/C19H23ClN4O4.C5H8N2OS.C3H6O3/c1-3-5-6-11-26-18(25)27-12-19(4-2)9-7-14(28-19)24-10-8-13-15(21)22-17(20)23-16(13)24;8-5-6-3-1-9-2-4(3)7-5;1-2-6-3(4)5/h2,8,10,14H,3,5-7,9,11-12H2,1H3,(H2,21,22,23);3-4H,1-2H2,(H2,6,7,8);2H2,1H3,(H,4,5)/t14-,19?;3-,4?;/m11./s1. The number of amides is 2. The third-order valence-electron chi connectivity index (χ3n) is 6.68. The first-order chi connectivity index (χ1) is 20.6. The predicted molar refractivity (Wildman–Crippen MR) is 161 cm³/mol. The number of carbonyl (C=O) groups excluding carboxylic acids is 2. The van der Waals surface area contributed by atoms with Crippen LogP contribution in [-0.2, 0) is 18.9 Å². The van der Waals surface area contributed by atoms with Crippen molar-refractivity contribution in [3.05, 3.63) is 17.5 Å². The number of halogens is 1. The molecule has 5 heterocycles. The lowest BCUT2D eigenvalue weighted by atomic mass is 10.0. The van der Waals surface area contributed by atoms with E-state index < -0.39 is 17.9 Å². The highest BCUT2D eigenvalue weighted by molar-refractivity contribution is 7.99. The van der Waals surface area contributed by atoms with Gasteiger partial charge in [0.05, 0.1) is 30.7 Å². The van der Waals surface area contributed by atoms with Crippen LogP contribution in [0.15, 0.2) is 12.3 Å². The number of nitrogens with one attached hydrogen (secondary N) is 2. The summed E-state index contributed by atoms with van der Waals surface area (Å²) >= 11 is 7.82. The van der Waals surface area contributed by atoms with Crippen LogP contribution in [0, 0.1) is 12.3 Å². The number of carbonyl (C=O) groups is 3. The van der Waals surface area contributed by atoms with Crippen molar-refractivity contribution in [1.82, 2.24) is 25.2 Å². The second-order valence-electron chi connectivity index (χ2n) is 9.75. The van der Waals surface area contributed by atoms with Crippen molar-refractivity contribution in [2.75, 3.05) is 37.1 Å². The van der Waals surface area contributed by atoms with E-state index in [9.17, 15) is 14.4 Å². The van der Waals surface area contributed by atoms with Crippen LogP contribution < -0.4 is 16.4 Å². The van der Waals surface area contributed by atoms with Crippen LogP contribution >= 0.6 is 23.4 Å². The highest BCUT2D eigenvalue weighted by Crippen LogP contribution is 2.38. The number of carboxylic acid groups (broad SMARTS) is 1. The van der Waals surface area contributed by atoms with E-state index in [0.717, 1.165) is 30.8 Å². The maximum atomic E-state index is 11.8. The fourth-order valence-electron chi connectivity index (χ4n) is 4.51. The van der Waals surface area contributed by atoms with Gasteiger partial charge in [0.1, 0.15) is 24.3 Å². The Kier molecular flexibility index (Phi) is 12.8. The third kappa shape index (κ3) is 9.70. The van der Waals surface area contributed by atoms with Crippen molar-refractivity contribution in [2.24, 2.45) is 0 Å². The summed E-state index contributed by atoms with van der Waals surface area (Å²) in [4.78, 5) is 39.9. The molecule has 0 aromatic carbocycles. The van der Waals surface area contributed by atoms with Gasteiger partial charge in [0.15, 0.2) is 5.60 Å². The zero-order valence-electron chi connectivity index (χ0n) is 24.0. The van der Waals surface area contributed by atoms with Gasteiger partial charge in [0.25, 0.3) is 0 Å². The highest BCUT2D eigenvalue weighted by Gasteiger charge is 2.41. The van der Waals surface area contributed by atoms with Crippen LogP contribution in [0.5, 0.6) is 0 Å². The van der Waals surface area contributed by atoms with E-state index in [-0.39, 0.29) is 30.8 Å². The Hall–Kier alpha value is -3.61. The Bertz CT molecular complexity index is 1290. The molecule has 2 aromatic heterocycles. The van der Waals surface area contributed by atoms with Gasteiger partial charge in [0, 0.05) is 17.7 Å². The zero-order chi connectivity index (χ0) is 31.4. The monoisotopic (exact) mass is 640 g/mol. The minimum atomic E-state index is -1.21. The molecular formula is C27H37ClN6O8S. The minimum absolute atomic E-state index is 0.00491. The number of nitrogen functional groups attached to an aromatic ring is 1. The van der Waals surface area contributed by atoms with E-state index in [2.05, 4.69) is 38.2 Å². The van der Waals surface area contributed by atoms with Gasteiger partial charge in [-0.05, 0) is 43.9 Å². The molecule has 3 saturated heterocycles. The van der Waals surface area contributed by atoms with E-state index in [1.165, 1.54) is 0 Å². The summed E-state index contributed by atoms with van der Waals surface area (Å²) in [5.41, 5.74) is 5.43. The Balaban J connectivity index is 0.000000273. The summed E-state index contributed by atoms with van der Waals surface area (Å²) in [5.74, 6) is 5.06. The third-order valence-corrected chi connectivity index (χ3v) is 8.04. The Morgan fingerprint density at radius 2 is 1.98 bits per heavy atom. The number of nitrogens with two attached hydrogens (primary N) is 1. The average Bonchev–Trinajstić information content (AvgIpc) is 3.74. The Morgan fingerprint density at radius 3 is 2.58 bits per heavy atom.